The molecule has 0 amide bonds. The topological polar surface area (TPSA) is 55.9 Å². The molecular weight excluding hydrogens is 1570 g/mol. The summed E-state index contributed by atoms with van der Waals surface area (Å²) in [5.41, 5.74) is 27.1. The summed E-state index contributed by atoms with van der Waals surface area (Å²) in [4.78, 5) is 5.04. The van der Waals surface area contributed by atoms with E-state index in [2.05, 4.69) is 440 Å². The van der Waals surface area contributed by atoms with E-state index in [4.69, 9.17) is 8.83 Å². The summed E-state index contributed by atoms with van der Waals surface area (Å²) in [6.07, 6.45) is 0. The number of para-hydroxylation sites is 6. The minimum absolute atomic E-state index is 0.820. The lowest BCUT2D eigenvalue weighted by Gasteiger charge is -2.15. The molecule has 10 aromatic heterocycles. The molecule has 0 fully saturated rings. The molecule has 0 unspecified atom stereocenters. The Balaban J connectivity index is 0.000000137. The molecule has 0 N–H and O–H groups in total. The third-order valence-electron chi connectivity index (χ3n) is 25.0. The van der Waals surface area contributed by atoms with E-state index >= 15 is 0 Å². The van der Waals surface area contributed by atoms with Crippen molar-refractivity contribution in [2.24, 2.45) is 0 Å². The van der Waals surface area contributed by atoms with Crippen LogP contribution in [-0.4, -0.2) is 27.4 Å². The number of fused-ring (bicyclic) bond motifs is 16. The summed E-state index contributed by atoms with van der Waals surface area (Å²) in [6.45, 7) is 0. The van der Waals surface area contributed by atoms with E-state index in [0.29, 0.717) is 0 Å². The maximum Gasteiger partial charge on any atom is 0.134 e. The zero-order valence-electron chi connectivity index (χ0n) is 68.0. The second kappa shape index (κ2) is 29.8. The SMILES string of the molecule is c1ccc(-c2ccc(-c3ccc4c5c6ccc(-c7ccc(-c8ccccc8)o7)cc6n(-c6cccc(-n7c8ccccc8c8ccccc87)c6)c5n(-c5ccccc5)c4c3)o2)cc1.c1ccc(-c2ccc(-c3ccc4c5c6ccc(-c7ccc(-c8ccccc8)s7)cc6n(-c6cccc(-n7c8ccccc8c8ccccc87)c6)c5n(-c5ccccc5)c4c3)s2)cc1. The average molecular weight is 1650 g/mol. The molecule has 0 aliphatic carbocycles. The number of hydrogen-bond donors (Lipinski definition) is 0. The fraction of sp³-hybridized carbons (Fsp3) is 0. The molecule has 8 nitrogen and oxygen atoms in total. The van der Waals surface area contributed by atoms with E-state index in [-0.39, 0.29) is 0 Å². The van der Waals surface area contributed by atoms with Crippen LogP contribution in [0.5, 0.6) is 0 Å². The van der Waals surface area contributed by atoms with Crippen LogP contribution in [0.15, 0.2) is 458 Å². The molecule has 0 bridgehead atoms. The van der Waals surface area contributed by atoms with Crippen LogP contribution in [0, 0.1) is 0 Å². The number of thiophene rings is 2. The van der Waals surface area contributed by atoms with Crippen molar-refractivity contribution in [3.05, 3.63) is 449 Å². The molecule has 16 aromatic carbocycles. The van der Waals surface area contributed by atoms with Crippen molar-refractivity contribution >= 4 is 132 Å². The molecule has 0 radical (unpaired) electrons. The van der Waals surface area contributed by atoms with Gasteiger partial charge >= 0.3 is 0 Å². The molecule has 0 aliphatic heterocycles. The molecule has 0 saturated carbocycles. The Bertz CT molecular complexity index is 8090. The Kier molecular flexibility index (Phi) is 17.2. The Morgan fingerprint density at radius 1 is 0.151 bits per heavy atom. The molecule has 592 valence electrons. The molecule has 0 spiro atoms. The van der Waals surface area contributed by atoms with Crippen molar-refractivity contribution in [2.75, 3.05) is 0 Å². The fourth-order valence-electron chi connectivity index (χ4n) is 19.3. The third-order valence-corrected chi connectivity index (χ3v) is 27.4. The van der Waals surface area contributed by atoms with Gasteiger partial charge in [-0.3, -0.25) is 18.3 Å². The quantitative estimate of drug-likeness (QED) is 0.109. The lowest BCUT2D eigenvalue weighted by atomic mass is 10.1. The van der Waals surface area contributed by atoms with Gasteiger partial charge in [-0.15, -0.1) is 22.7 Å². The van der Waals surface area contributed by atoms with Crippen molar-refractivity contribution < 1.29 is 8.83 Å². The Hall–Kier alpha value is -16.2. The van der Waals surface area contributed by atoms with Gasteiger partial charge in [0.2, 0.25) is 0 Å². The largest absolute Gasteiger partial charge is 0.456 e. The van der Waals surface area contributed by atoms with E-state index in [1.165, 1.54) is 118 Å². The molecular formula is C116H74N6O2S2. The molecule has 26 rings (SSSR count). The summed E-state index contributed by atoms with van der Waals surface area (Å²) in [7, 11) is 0. The third kappa shape index (κ3) is 12.0. The van der Waals surface area contributed by atoms with E-state index < -0.39 is 0 Å². The molecule has 10 heterocycles. The molecule has 0 atom stereocenters. The lowest BCUT2D eigenvalue weighted by molar-refractivity contribution is 0.597. The molecule has 26 aromatic rings. The molecule has 0 aliphatic rings. The number of furan rings is 2. The molecule has 126 heavy (non-hydrogen) atoms. The Morgan fingerprint density at radius 3 is 0.730 bits per heavy atom. The first-order valence-electron chi connectivity index (χ1n) is 42.7. The van der Waals surface area contributed by atoms with Crippen molar-refractivity contribution in [3.63, 3.8) is 0 Å². The van der Waals surface area contributed by atoms with Crippen LogP contribution < -0.4 is 0 Å². The van der Waals surface area contributed by atoms with Gasteiger partial charge in [-0.2, -0.15) is 0 Å². The van der Waals surface area contributed by atoms with Gasteiger partial charge in [0, 0.05) is 130 Å². The van der Waals surface area contributed by atoms with Gasteiger partial charge in [0.05, 0.1) is 44.1 Å². The number of rotatable bonds is 14. The first-order valence-corrected chi connectivity index (χ1v) is 44.3. The highest BCUT2D eigenvalue weighted by Gasteiger charge is 2.28. The van der Waals surface area contributed by atoms with Crippen LogP contribution >= 0.6 is 22.7 Å². The Morgan fingerprint density at radius 2 is 0.397 bits per heavy atom. The zero-order valence-corrected chi connectivity index (χ0v) is 69.7. The summed E-state index contributed by atoms with van der Waals surface area (Å²) in [5, 5.41) is 12.2. The van der Waals surface area contributed by atoms with Gasteiger partial charge in [-0.1, -0.05) is 291 Å². The molecule has 10 heteroatoms. The van der Waals surface area contributed by atoms with E-state index in [1.54, 1.807) is 0 Å². The lowest BCUT2D eigenvalue weighted by Crippen LogP contribution is -2.03. The van der Waals surface area contributed by atoms with Crippen molar-refractivity contribution in [1.29, 1.82) is 0 Å². The van der Waals surface area contributed by atoms with Gasteiger partial charge in [-0.25, -0.2) is 0 Å². The van der Waals surface area contributed by atoms with Crippen LogP contribution in [0.2, 0.25) is 0 Å². The van der Waals surface area contributed by atoms with Crippen molar-refractivity contribution in [1.82, 2.24) is 27.4 Å². The van der Waals surface area contributed by atoms with Crippen molar-refractivity contribution in [3.8, 4) is 121 Å². The van der Waals surface area contributed by atoms with Crippen LogP contribution in [-0.2, 0) is 0 Å². The monoisotopic (exact) mass is 1650 g/mol. The minimum atomic E-state index is 0.820. The standard InChI is InChI=1S/C58H37N3O2.C58H37N3S2/c2*1-4-15-38(16-5-1)53-31-33-55(62-53)40-27-29-47-51(35-40)60(42-19-8-3-9-20-42)58-57(47)48-30-28-41(56-34-32-54(63-56)39-17-6-2-7-18-39)36-52(48)61(58)44-22-14-21-43(37-44)59-49-25-12-10-23-45(49)46-24-11-13-26-50(46)59/h2*1-37H. The fourth-order valence-corrected chi connectivity index (χ4v) is 21.4. The highest BCUT2D eigenvalue weighted by Crippen LogP contribution is 2.49. The zero-order chi connectivity index (χ0) is 82.9. The number of hydrogen-bond acceptors (Lipinski definition) is 4. The maximum absolute atomic E-state index is 6.58. The highest BCUT2D eigenvalue weighted by molar-refractivity contribution is 7.19. The van der Waals surface area contributed by atoms with Gasteiger partial charge in [0.1, 0.15) is 34.3 Å². The van der Waals surface area contributed by atoms with E-state index in [0.717, 1.165) is 113 Å². The summed E-state index contributed by atoms with van der Waals surface area (Å²) in [6, 6.07) is 162. The van der Waals surface area contributed by atoms with Crippen LogP contribution in [0.1, 0.15) is 0 Å². The normalized spacial score (nSPS) is 11.8. The van der Waals surface area contributed by atoms with Crippen LogP contribution in [0.3, 0.4) is 0 Å². The first kappa shape index (κ1) is 72.6. The predicted molar refractivity (Wildman–Crippen MR) is 528 cm³/mol. The second-order valence-corrected chi connectivity index (χ2v) is 34.4. The summed E-state index contributed by atoms with van der Waals surface area (Å²) in [5.74, 6) is 3.33. The maximum atomic E-state index is 6.58. The summed E-state index contributed by atoms with van der Waals surface area (Å²) < 4.78 is 27.8. The summed E-state index contributed by atoms with van der Waals surface area (Å²) >= 11 is 3.69. The number of aromatic nitrogens is 6. The Labute approximate surface area is 732 Å². The predicted octanol–water partition coefficient (Wildman–Crippen LogP) is 32.3. The van der Waals surface area contributed by atoms with Gasteiger partial charge in [0.25, 0.3) is 0 Å². The smallest absolute Gasteiger partial charge is 0.134 e. The second-order valence-electron chi connectivity index (χ2n) is 32.2. The number of benzene rings is 16. The first-order chi connectivity index (χ1) is 62.5. The number of nitrogens with zero attached hydrogens (tertiary/aromatic N) is 6. The highest BCUT2D eigenvalue weighted by atomic mass is 32.1. The molecule has 0 saturated heterocycles. The average Bonchev–Trinajstić information content (AvgIpc) is 1.54. The van der Waals surface area contributed by atoms with E-state index in [9.17, 15) is 0 Å². The van der Waals surface area contributed by atoms with Crippen molar-refractivity contribution in [2.45, 2.75) is 0 Å². The van der Waals surface area contributed by atoms with Crippen LogP contribution in [0.4, 0.5) is 0 Å². The van der Waals surface area contributed by atoms with Gasteiger partial charge in [0.15, 0.2) is 0 Å². The van der Waals surface area contributed by atoms with E-state index in [1.807, 2.05) is 59.1 Å². The van der Waals surface area contributed by atoms with Gasteiger partial charge < -0.3 is 18.0 Å². The van der Waals surface area contributed by atoms with Crippen LogP contribution in [0.25, 0.3) is 230 Å². The minimum Gasteiger partial charge on any atom is -0.456 e. The van der Waals surface area contributed by atoms with Gasteiger partial charge in [-0.05, 0) is 180 Å².